The Bertz CT molecular complexity index is 155. The van der Waals surface area contributed by atoms with Gasteiger partial charge in [0.15, 0.2) is 0 Å². The van der Waals surface area contributed by atoms with Gasteiger partial charge in [0.25, 0.3) is 0 Å². The van der Waals surface area contributed by atoms with Crippen molar-refractivity contribution >= 4 is 5.97 Å². The van der Waals surface area contributed by atoms with E-state index in [0.29, 0.717) is 0 Å². The number of aliphatic carboxylic acids is 1. The van der Waals surface area contributed by atoms with E-state index in [-0.39, 0.29) is 13.3 Å². The van der Waals surface area contributed by atoms with Crippen LogP contribution in [0.15, 0.2) is 0 Å². The molecule has 0 spiro atoms. The molecule has 0 radical (unpaired) electrons. The first-order chi connectivity index (χ1) is 5.61. The van der Waals surface area contributed by atoms with Crippen LogP contribution in [0.4, 0.5) is 0 Å². The third-order valence-corrected chi connectivity index (χ3v) is 3.06. The van der Waals surface area contributed by atoms with Crippen molar-refractivity contribution < 1.29 is 9.90 Å². The van der Waals surface area contributed by atoms with Crippen LogP contribution in [0, 0.1) is 17.8 Å². The van der Waals surface area contributed by atoms with Crippen LogP contribution in [0.25, 0.3) is 0 Å². The summed E-state index contributed by atoms with van der Waals surface area (Å²) in [5.74, 6) is 0.831. The molecule has 1 aliphatic carbocycles. The second-order valence-corrected chi connectivity index (χ2v) is 4.19. The molecule has 78 valence electrons. The minimum Gasteiger partial charge on any atom is -0.481 e. The van der Waals surface area contributed by atoms with Gasteiger partial charge >= 0.3 is 5.97 Å². The number of hydrogen-bond acceptors (Lipinski definition) is 1. The van der Waals surface area contributed by atoms with Crippen molar-refractivity contribution in [3.8, 4) is 0 Å². The van der Waals surface area contributed by atoms with E-state index in [2.05, 4.69) is 13.8 Å². The second-order valence-electron chi connectivity index (χ2n) is 4.19. The summed E-state index contributed by atoms with van der Waals surface area (Å²) in [4.78, 5) is 10.6. The van der Waals surface area contributed by atoms with Gasteiger partial charge in [-0.25, -0.2) is 0 Å². The molecule has 0 atom stereocenters. The second kappa shape index (κ2) is 5.25. The zero-order chi connectivity index (χ0) is 9.14. The molecule has 0 heterocycles. The predicted molar refractivity (Wildman–Crippen MR) is 54.7 cm³/mol. The maximum atomic E-state index is 10.6. The van der Waals surface area contributed by atoms with Crippen molar-refractivity contribution in [3.63, 3.8) is 0 Å². The lowest BCUT2D eigenvalue weighted by atomic mass is 9.77. The summed E-state index contributed by atoms with van der Waals surface area (Å²) in [6.45, 7) is 4.46. The molecule has 2 nitrogen and oxygen atoms in total. The van der Waals surface area contributed by atoms with Crippen molar-refractivity contribution in [2.45, 2.75) is 47.0 Å². The molecule has 2 heteroatoms. The zero-order valence-corrected chi connectivity index (χ0v) is 7.92. The van der Waals surface area contributed by atoms with Crippen molar-refractivity contribution in [1.29, 1.82) is 0 Å². The fourth-order valence-corrected chi connectivity index (χ4v) is 2.03. The van der Waals surface area contributed by atoms with Crippen LogP contribution in [0.1, 0.15) is 47.0 Å². The Morgan fingerprint density at radius 2 is 1.69 bits per heavy atom. The minimum atomic E-state index is -0.600. The smallest absolute Gasteiger partial charge is 0.306 e. The Morgan fingerprint density at radius 1 is 1.23 bits per heavy atom. The number of carboxylic acids is 1. The Hall–Kier alpha value is -0.530. The molecule has 0 aromatic heterocycles. The highest BCUT2D eigenvalue weighted by molar-refractivity contribution is 5.69. The minimum absolute atomic E-state index is 0. The third kappa shape index (κ3) is 3.37. The number of carboxylic acid groups (broad SMARTS) is 1. The molecule has 1 fully saturated rings. The summed E-state index contributed by atoms with van der Waals surface area (Å²) in [5, 5.41) is 8.76. The van der Waals surface area contributed by atoms with E-state index in [4.69, 9.17) is 5.11 Å². The maximum Gasteiger partial charge on any atom is 0.306 e. The van der Waals surface area contributed by atoms with Gasteiger partial charge in [-0.05, 0) is 37.5 Å². The highest BCUT2D eigenvalue weighted by Gasteiger charge is 2.26. The molecule has 1 aliphatic rings. The van der Waals surface area contributed by atoms with Crippen LogP contribution in [-0.2, 0) is 4.79 Å². The molecule has 0 aromatic carbocycles. The summed E-state index contributed by atoms with van der Waals surface area (Å²) < 4.78 is 0. The number of hydrogen-bond donors (Lipinski definition) is 1. The van der Waals surface area contributed by atoms with E-state index in [9.17, 15) is 4.79 Å². The molecular weight excluding hydrogens is 164 g/mol. The summed E-state index contributed by atoms with van der Waals surface area (Å²) >= 11 is 0. The van der Waals surface area contributed by atoms with Crippen molar-refractivity contribution in [2.75, 3.05) is 0 Å². The van der Waals surface area contributed by atoms with Crippen LogP contribution >= 0.6 is 0 Å². The van der Waals surface area contributed by atoms with Crippen LogP contribution in [0.2, 0.25) is 0 Å². The summed E-state index contributed by atoms with van der Waals surface area (Å²) in [7, 11) is 0. The quantitative estimate of drug-likeness (QED) is 0.719. The van der Waals surface area contributed by atoms with Gasteiger partial charge in [0.2, 0.25) is 0 Å². The molecular formula is C11H22O2. The van der Waals surface area contributed by atoms with E-state index < -0.39 is 5.97 Å². The predicted octanol–water partition coefficient (Wildman–Crippen LogP) is 3.17. The zero-order valence-electron chi connectivity index (χ0n) is 7.92. The average Bonchev–Trinajstić information content (AvgIpc) is 2.04. The van der Waals surface area contributed by atoms with Gasteiger partial charge in [-0.15, -0.1) is 0 Å². The number of carbonyl (C=O) groups is 1. The lowest BCUT2D eigenvalue weighted by Crippen LogP contribution is -2.23. The first-order valence-electron chi connectivity index (χ1n) is 4.84. The van der Waals surface area contributed by atoms with Gasteiger partial charge in [-0.1, -0.05) is 21.3 Å². The fourth-order valence-electron chi connectivity index (χ4n) is 2.03. The van der Waals surface area contributed by atoms with Gasteiger partial charge < -0.3 is 5.11 Å². The van der Waals surface area contributed by atoms with Crippen LogP contribution < -0.4 is 0 Å². The Morgan fingerprint density at radius 3 is 2.00 bits per heavy atom. The molecule has 1 saturated carbocycles. The molecule has 1 N–H and O–H groups in total. The van der Waals surface area contributed by atoms with Gasteiger partial charge in [0, 0.05) is 0 Å². The van der Waals surface area contributed by atoms with E-state index in [1.54, 1.807) is 0 Å². The summed E-state index contributed by atoms with van der Waals surface area (Å²) in [5.41, 5.74) is 0. The maximum absolute atomic E-state index is 10.6. The third-order valence-electron chi connectivity index (χ3n) is 3.06. The first kappa shape index (κ1) is 12.5. The molecule has 0 aliphatic heterocycles. The normalized spacial score (nSPS) is 28.2. The average molecular weight is 186 g/mol. The van der Waals surface area contributed by atoms with E-state index in [1.165, 1.54) is 0 Å². The van der Waals surface area contributed by atoms with Crippen molar-refractivity contribution in [2.24, 2.45) is 17.8 Å². The summed E-state index contributed by atoms with van der Waals surface area (Å²) in [6, 6.07) is 0. The largest absolute Gasteiger partial charge is 0.481 e. The summed E-state index contributed by atoms with van der Waals surface area (Å²) in [6.07, 6.45) is 3.99. The molecule has 0 amide bonds. The molecule has 0 aromatic rings. The monoisotopic (exact) mass is 186 g/mol. The topological polar surface area (TPSA) is 37.3 Å². The lowest BCUT2D eigenvalue weighted by Gasteiger charge is -2.28. The van der Waals surface area contributed by atoms with Crippen LogP contribution in [-0.4, -0.2) is 11.1 Å². The van der Waals surface area contributed by atoms with Crippen molar-refractivity contribution in [3.05, 3.63) is 0 Å². The van der Waals surface area contributed by atoms with Crippen LogP contribution in [0.5, 0.6) is 0 Å². The van der Waals surface area contributed by atoms with Gasteiger partial charge in [-0.3, -0.25) is 4.79 Å². The lowest BCUT2D eigenvalue weighted by molar-refractivity contribution is -0.143. The Kier molecular flexibility index (Phi) is 5.04. The van der Waals surface area contributed by atoms with Crippen molar-refractivity contribution in [1.82, 2.24) is 0 Å². The standard InChI is InChI=1S/C10H18O2.CH4/c1-7(2)8-3-5-9(6-4-8)10(11)12;/h7-9H,3-6H2,1-2H3,(H,11,12);1H4. The Balaban J connectivity index is 0.00000144. The highest BCUT2D eigenvalue weighted by Crippen LogP contribution is 2.33. The molecule has 13 heavy (non-hydrogen) atoms. The highest BCUT2D eigenvalue weighted by atomic mass is 16.4. The molecule has 0 saturated heterocycles. The molecule has 0 bridgehead atoms. The van der Waals surface area contributed by atoms with E-state index >= 15 is 0 Å². The molecule has 1 rings (SSSR count). The SMILES string of the molecule is C.CC(C)C1CCC(C(=O)O)CC1. The van der Waals surface area contributed by atoms with Gasteiger partial charge in [0.1, 0.15) is 0 Å². The van der Waals surface area contributed by atoms with Gasteiger partial charge in [-0.2, -0.15) is 0 Å². The van der Waals surface area contributed by atoms with E-state index in [1.807, 2.05) is 0 Å². The number of rotatable bonds is 2. The van der Waals surface area contributed by atoms with E-state index in [0.717, 1.165) is 37.5 Å². The van der Waals surface area contributed by atoms with Crippen LogP contribution in [0.3, 0.4) is 0 Å². The fraction of sp³-hybridized carbons (Fsp3) is 0.909. The molecule has 0 unspecified atom stereocenters. The Labute approximate surface area is 81.3 Å². The first-order valence-corrected chi connectivity index (χ1v) is 4.84. The van der Waals surface area contributed by atoms with Gasteiger partial charge in [0.05, 0.1) is 5.92 Å².